The fraction of sp³-hybridized carbons (Fsp3) is 0.611. The first-order valence-corrected chi connectivity index (χ1v) is 8.36. The molecule has 1 unspecified atom stereocenters. The van der Waals surface area contributed by atoms with Crippen molar-refractivity contribution < 1.29 is 4.74 Å². The molecule has 2 saturated heterocycles. The third-order valence-electron chi connectivity index (χ3n) is 5.75. The van der Waals surface area contributed by atoms with Crippen LogP contribution in [0.3, 0.4) is 0 Å². The zero-order valence-corrected chi connectivity index (χ0v) is 13.0. The van der Waals surface area contributed by atoms with Crippen molar-refractivity contribution in [2.75, 3.05) is 44.3 Å². The van der Waals surface area contributed by atoms with Crippen LogP contribution in [0.2, 0.25) is 0 Å². The first-order valence-electron chi connectivity index (χ1n) is 8.36. The molecule has 1 aromatic rings. The van der Waals surface area contributed by atoms with E-state index in [1.54, 1.807) is 0 Å². The predicted octanol–water partition coefficient (Wildman–Crippen LogP) is 2.15. The summed E-state index contributed by atoms with van der Waals surface area (Å²) in [5.41, 5.74) is 3.00. The van der Waals surface area contributed by atoms with E-state index in [4.69, 9.17) is 10.00 Å². The third kappa shape index (κ3) is 2.20. The topological polar surface area (TPSA) is 39.5 Å². The molecular formula is C18H23N3O. The van der Waals surface area contributed by atoms with Gasteiger partial charge in [-0.05, 0) is 44.0 Å². The Labute approximate surface area is 132 Å². The SMILES string of the molecule is N#CCN1CC2(CCN(C3CCOC3)CC2)c2ccccc21. The molecule has 116 valence electrons. The first-order chi connectivity index (χ1) is 10.8. The van der Waals surface area contributed by atoms with Crippen molar-refractivity contribution in [1.82, 2.24) is 4.90 Å². The van der Waals surface area contributed by atoms with Gasteiger partial charge in [-0.25, -0.2) is 0 Å². The van der Waals surface area contributed by atoms with E-state index < -0.39 is 0 Å². The van der Waals surface area contributed by atoms with Crippen LogP contribution in [0, 0.1) is 11.3 Å². The van der Waals surface area contributed by atoms with Gasteiger partial charge in [0, 0.05) is 30.3 Å². The van der Waals surface area contributed by atoms with Crippen LogP contribution in [0.4, 0.5) is 5.69 Å². The number of para-hydroxylation sites is 1. The molecule has 2 fully saturated rings. The van der Waals surface area contributed by atoms with Crippen LogP contribution < -0.4 is 4.90 Å². The number of hydrogen-bond donors (Lipinski definition) is 0. The van der Waals surface area contributed by atoms with Crippen LogP contribution in [-0.4, -0.2) is 50.3 Å². The average molecular weight is 297 g/mol. The molecule has 1 atom stereocenters. The van der Waals surface area contributed by atoms with Crippen LogP contribution >= 0.6 is 0 Å². The van der Waals surface area contributed by atoms with Gasteiger partial charge in [0.25, 0.3) is 0 Å². The lowest BCUT2D eigenvalue weighted by molar-refractivity contribution is 0.102. The molecule has 0 amide bonds. The maximum Gasteiger partial charge on any atom is 0.105 e. The molecule has 1 aromatic carbocycles. The van der Waals surface area contributed by atoms with Gasteiger partial charge in [-0.2, -0.15) is 5.26 Å². The fourth-order valence-corrected chi connectivity index (χ4v) is 4.51. The van der Waals surface area contributed by atoms with E-state index in [-0.39, 0.29) is 5.41 Å². The highest BCUT2D eigenvalue weighted by Crippen LogP contribution is 2.47. The van der Waals surface area contributed by atoms with Gasteiger partial charge >= 0.3 is 0 Å². The first kappa shape index (κ1) is 14.0. The van der Waals surface area contributed by atoms with E-state index in [1.165, 1.54) is 30.5 Å². The van der Waals surface area contributed by atoms with E-state index in [1.807, 2.05) is 0 Å². The maximum absolute atomic E-state index is 9.11. The van der Waals surface area contributed by atoms with Gasteiger partial charge in [0.15, 0.2) is 0 Å². The number of nitrogens with zero attached hydrogens (tertiary/aromatic N) is 3. The minimum absolute atomic E-state index is 0.253. The standard InChI is InChI=1S/C18H23N3O/c19-8-11-21-14-18(16-3-1-2-4-17(16)21)6-9-20(10-7-18)15-5-12-22-13-15/h1-4,15H,5-7,9-14H2. The Morgan fingerprint density at radius 1 is 1.27 bits per heavy atom. The molecule has 0 saturated carbocycles. The van der Waals surface area contributed by atoms with Gasteiger partial charge in [0.05, 0.1) is 12.7 Å². The van der Waals surface area contributed by atoms with E-state index in [2.05, 4.69) is 40.1 Å². The second-order valence-electron chi connectivity index (χ2n) is 6.87. The molecule has 0 N–H and O–H groups in total. The Morgan fingerprint density at radius 2 is 2.09 bits per heavy atom. The van der Waals surface area contributed by atoms with Crippen molar-refractivity contribution in [3.8, 4) is 6.07 Å². The number of benzene rings is 1. The highest BCUT2D eigenvalue weighted by atomic mass is 16.5. The summed E-state index contributed by atoms with van der Waals surface area (Å²) in [6.45, 7) is 5.65. The lowest BCUT2D eigenvalue weighted by Crippen LogP contribution is -2.48. The smallest absolute Gasteiger partial charge is 0.105 e. The van der Waals surface area contributed by atoms with Gasteiger partial charge in [0.2, 0.25) is 0 Å². The van der Waals surface area contributed by atoms with E-state index in [0.29, 0.717) is 12.6 Å². The molecule has 0 bridgehead atoms. The van der Waals surface area contributed by atoms with Crippen LogP contribution in [0.5, 0.6) is 0 Å². The average Bonchev–Trinajstić information content (AvgIpc) is 3.18. The van der Waals surface area contributed by atoms with Gasteiger partial charge in [-0.3, -0.25) is 4.90 Å². The Bertz CT molecular complexity index is 580. The summed E-state index contributed by atoms with van der Waals surface area (Å²) < 4.78 is 5.55. The zero-order chi connectivity index (χ0) is 15.0. The Morgan fingerprint density at radius 3 is 2.82 bits per heavy atom. The molecule has 4 rings (SSSR count). The van der Waals surface area contributed by atoms with Crippen molar-refractivity contribution >= 4 is 5.69 Å². The summed E-state index contributed by atoms with van der Waals surface area (Å²) in [6, 6.07) is 11.6. The number of fused-ring (bicyclic) bond motifs is 2. The second kappa shape index (κ2) is 5.57. The number of rotatable bonds is 2. The summed E-state index contributed by atoms with van der Waals surface area (Å²) in [5.74, 6) is 0. The lowest BCUT2D eigenvalue weighted by Gasteiger charge is -2.42. The number of ether oxygens (including phenoxy) is 1. The molecular weight excluding hydrogens is 274 g/mol. The number of nitriles is 1. The van der Waals surface area contributed by atoms with Crippen molar-refractivity contribution in [2.24, 2.45) is 0 Å². The van der Waals surface area contributed by atoms with E-state index >= 15 is 0 Å². The number of hydrogen-bond acceptors (Lipinski definition) is 4. The van der Waals surface area contributed by atoms with Gasteiger partial charge in [-0.1, -0.05) is 18.2 Å². The van der Waals surface area contributed by atoms with Crippen LogP contribution in [0.15, 0.2) is 24.3 Å². The normalized spacial score (nSPS) is 27.0. The Balaban J connectivity index is 1.54. The minimum Gasteiger partial charge on any atom is -0.380 e. The van der Waals surface area contributed by atoms with Gasteiger partial charge in [0.1, 0.15) is 6.54 Å². The van der Waals surface area contributed by atoms with Crippen molar-refractivity contribution in [3.05, 3.63) is 29.8 Å². The summed E-state index contributed by atoms with van der Waals surface area (Å²) in [6.07, 6.45) is 3.58. The summed E-state index contributed by atoms with van der Waals surface area (Å²) in [5, 5.41) is 9.11. The van der Waals surface area contributed by atoms with Crippen LogP contribution in [-0.2, 0) is 10.2 Å². The van der Waals surface area contributed by atoms with E-state index in [9.17, 15) is 0 Å². The summed E-state index contributed by atoms with van der Waals surface area (Å²) in [7, 11) is 0. The van der Waals surface area contributed by atoms with E-state index in [0.717, 1.165) is 32.8 Å². The summed E-state index contributed by atoms with van der Waals surface area (Å²) >= 11 is 0. The van der Waals surface area contributed by atoms with Gasteiger partial charge in [-0.15, -0.1) is 0 Å². The largest absolute Gasteiger partial charge is 0.380 e. The minimum atomic E-state index is 0.253. The molecule has 0 radical (unpaired) electrons. The Kier molecular flexibility index (Phi) is 3.56. The predicted molar refractivity (Wildman–Crippen MR) is 86.0 cm³/mol. The molecule has 0 aromatic heterocycles. The quantitative estimate of drug-likeness (QED) is 0.784. The van der Waals surface area contributed by atoms with Crippen LogP contribution in [0.1, 0.15) is 24.8 Å². The number of anilines is 1. The molecule has 0 aliphatic carbocycles. The summed E-state index contributed by atoms with van der Waals surface area (Å²) in [4.78, 5) is 4.89. The molecule has 3 aliphatic heterocycles. The molecule has 3 aliphatic rings. The van der Waals surface area contributed by atoms with Crippen molar-refractivity contribution in [2.45, 2.75) is 30.7 Å². The van der Waals surface area contributed by atoms with Gasteiger partial charge < -0.3 is 9.64 Å². The molecule has 4 heteroatoms. The Hall–Kier alpha value is -1.57. The monoisotopic (exact) mass is 297 g/mol. The number of piperidine rings is 1. The number of likely N-dealkylation sites (tertiary alicyclic amines) is 1. The second-order valence-corrected chi connectivity index (χ2v) is 6.87. The van der Waals surface area contributed by atoms with Crippen molar-refractivity contribution in [3.63, 3.8) is 0 Å². The maximum atomic E-state index is 9.11. The molecule has 22 heavy (non-hydrogen) atoms. The highest BCUT2D eigenvalue weighted by molar-refractivity contribution is 5.63. The van der Waals surface area contributed by atoms with Crippen molar-refractivity contribution in [1.29, 1.82) is 5.26 Å². The third-order valence-corrected chi connectivity index (χ3v) is 5.75. The molecule has 3 heterocycles. The van der Waals surface area contributed by atoms with Crippen LogP contribution in [0.25, 0.3) is 0 Å². The molecule has 4 nitrogen and oxygen atoms in total. The lowest BCUT2D eigenvalue weighted by atomic mass is 9.74. The molecule has 1 spiro atoms. The zero-order valence-electron chi connectivity index (χ0n) is 13.0. The fourth-order valence-electron chi connectivity index (χ4n) is 4.51. The highest BCUT2D eigenvalue weighted by Gasteiger charge is 2.45.